The molecule has 2 heteroatoms. The number of hydrogen-bond donors (Lipinski definition) is 0. The Hall–Kier alpha value is -0.400. The van der Waals surface area contributed by atoms with Crippen LogP contribution in [0.5, 0.6) is 0 Å². The molecule has 0 spiro atoms. The van der Waals surface area contributed by atoms with E-state index in [4.69, 9.17) is 0 Å². The van der Waals surface area contributed by atoms with Crippen LogP contribution in [0.25, 0.3) is 0 Å². The first-order chi connectivity index (χ1) is 4.42. The summed E-state index contributed by atoms with van der Waals surface area (Å²) in [6.07, 6.45) is 3.21. The van der Waals surface area contributed by atoms with E-state index in [9.17, 15) is 8.78 Å². The summed E-state index contributed by atoms with van der Waals surface area (Å²) in [6, 6.07) is 0. The van der Waals surface area contributed by atoms with E-state index >= 15 is 0 Å². The Kier molecular flexibility index (Phi) is 3.54. The maximum Gasteiger partial charge on any atom is 0.263 e. The molecule has 0 rings (SSSR count). The largest absolute Gasteiger partial charge is 0.263 e. The van der Waals surface area contributed by atoms with E-state index in [1.54, 1.807) is 0 Å². The third kappa shape index (κ3) is 7.60. The van der Waals surface area contributed by atoms with E-state index in [2.05, 4.69) is 0 Å². The molecule has 0 nitrogen and oxygen atoms in total. The smallest absolute Gasteiger partial charge is 0.202 e. The van der Waals surface area contributed by atoms with Crippen LogP contribution in [-0.2, 0) is 0 Å². The zero-order valence-corrected chi connectivity index (χ0v) is 6.70. The van der Waals surface area contributed by atoms with Crippen LogP contribution in [0.1, 0.15) is 27.2 Å². The fourth-order valence-corrected chi connectivity index (χ4v) is 0.547. The number of rotatable bonds is 3. The molecular formula is C8H14F2. The molecule has 60 valence electrons. The van der Waals surface area contributed by atoms with Gasteiger partial charge in [-0.2, -0.15) is 0 Å². The molecule has 0 amide bonds. The van der Waals surface area contributed by atoms with Crippen molar-refractivity contribution in [3.05, 3.63) is 12.2 Å². The quantitative estimate of drug-likeness (QED) is 0.539. The average molecular weight is 148 g/mol. The Morgan fingerprint density at radius 1 is 1.40 bits per heavy atom. The number of alkyl halides is 2. The molecule has 0 N–H and O–H groups in total. The van der Waals surface area contributed by atoms with E-state index in [1.165, 1.54) is 6.08 Å². The standard InChI is InChI=1S/C8H14F2/c1-7(2)5-4-6-8(3,9)10/h4,6-7H,5H2,1-3H3/b6-4+. The number of hydrogen-bond acceptors (Lipinski definition) is 0. The van der Waals surface area contributed by atoms with Crippen molar-refractivity contribution in [1.29, 1.82) is 0 Å². The van der Waals surface area contributed by atoms with Gasteiger partial charge in [0.1, 0.15) is 0 Å². The first-order valence-electron chi connectivity index (χ1n) is 3.47. The SMILES string of the molecule is CC(C)C/C=C/C(C)(F)F. The molecule has 0 aliphatic rings. The third-order valence-corrected chi connectivity index (χ3v) is 1.02. The van der Waals surface area contributed by atoms with Crippen molar-refractivity contribution in [2.75, 3.05) is 0 Å². The predicted octanol–water partition coefficient (Wildman–Crippen LogP) is 3.24. The van der Waals surface area contributed by atoms with Crippen LogP contribution >= 0.6 is 0 Å². The molecule has 0 aromatic carbocycles. The topological polar surface area (TPSA) is 0 Å². The van der Waals surface area contributed by atoms with Gasteiger partial charge in [0.15, 0.2) is 0 Å². The summed E-state index contributed by atoms with van der Waals surface area (Å²) < 4.78 is 24.2. The Balaban J connectivity index is 3.57. The lowest BCUT2D eigenvalue weighted by atomic mass is 10.1. The summed E-state index contributed by atoms with van der Waals surface area (Å²) in [5.74, 6) is -2.19. The molecule has 0 bridgehead atoms. The molecule has 0 radical (unpaired) electrons. The maximum absolute atomic E-state index is 12.1. The molecular weight excluding hydrogens is 134 g/mol. The predicted molar refractivity (Wildman–Crippen MR) is 39.2 cm³/mol. The number of allylic oxidation sites excluding steroid dienone is 2. The zero-order valence-electron chi connectivity index (χ0n) is 6.70. The molecule has 0 aromatic rings. The van der Waals surface area contributed by atoms with Gasteiger partial charge in [-0.05, 0) is 18.4 Å². The highest BCUT2D eigenvalue weighted by molar-refractivity contribution is 4.92. The van der Waals surface area contributed by atoms with E-state index < -0.39 is 5.92 Å². The van der Waals surface area contributed by atoms with Crippen LogP contribution < -0.4 is 0 Å². The van der Waals surface area contributed by atoms with Crippen molar-refractivity contribution in [3.63, 3.8) is 0 Å². The van der Waals surface area contributed by atoms with E-state index in [0.717, 1.165) is 19.4 Å². The van der Waals surface area contributed by atoms with Gasteiger partial charge >= 0.3 is 0 Å². The van der Waals surface area contributed by atoms with Gasteiger partial charge in [0.05, 0.1) is 0 Å². The molecule has 0 aliphatic heterocycles. The Morgan fingerprint density at radius 2 is 1.90 bits per heavy atom. The second-order valence-electron chi connectivity index (χ2n) is 2.99. The molecule has 0 atom stereocenters. The zero-order chi connectivity index (χ0) is 8.20. The van der Waals surface area contributed by atoms with E-state index in [0.29, 0.717) is 5.92 Å². The lowest BCUT2D eigenvalue weighted by molar-refractivity contribution is 0.0771. The molecule has 10 heavy (non-hydrogen) atoms. The van der Waals surface area contributed by atoms with Gasteiger partial charge in [0.2, 0.25) is 0 Å². The summed E-state index contributed by atoms with van der Waals surface area (Å²) in [7, 11) is 0. The van der Waals surface area contributed by atoms with Crippen LogP contribution in [0.2, 0.25) is 0 Å². The highest BCUT2D eigenvalue weighted by Gasteiger charge is 2.14. The van der Waals surface area contributed by atoms with Crippen LogP contribution in [0, 0.1) is 5.92 Å². The van der Waals surface area contributed by atoms with Crippen LogP contribution in [-0.4, -0.2) is 5.92 Å². The molecule has 0 fully saturated rings. The lowest BCUT2D eigenvalue weighted by Gasteiger charge is -2.02. The minimum atomic E-state index is -2.64. The van der Waals surface area contributed by atoms with Gasteiger partial charge in [0.25, 0.3) is 5.92 Å². The minimum absolute atomic E-state index is 0.457. The summed E-state index contributed by atoms with van der Waals surface area (Å²) in [5, 5.41) is 0. The van der Waals surface area contributed by atoms with Crippen LogP contribution in [0.15, 0.2) is 12.2 Å². The summed E-state index contributed by atoms with van der Waals surface area (Å²) >= 11 is 0. The minimum Gasteiger partial charge on any atom is -0.202 e. The second-order valence-corrected chi connectivity index (χ2v) is 2.99. The van der Waals surface area contributed by atoms with Crippen LogP contribution in [0.4, 0.5) is 8.78 Å². The van der Waals surface area contributed by atoms with E-state index in [-0.39, 0.29) is 0 Å². The highest BCUT2D eigenvalue weighted by atomic mass is 19.3. The fourth-order valence-electron chi connectivity index (χ4n) is 0.547. The van der Waals surface area contributed by atoms with Gasteiger partial charge in [-0.3, -0.25) is 0 Å². The molecule has 0 aromatic heterocycles. The lowest BCUT2D eigenvalue weighted by Crippen LogP contribution is -2.03. The van der Waals surface area contributed by atoms with Gasteiger partial charge in [0, 0.05) is 6.92 Å². The third-order valence-electron chi connectivity index (χ3n) is 1.02. The average Bonchev–Trinajstić information content (AvgIpc) is 1.59. The molecule has 0 unspecified atom stereocenters. The van der Waals surface area contributed by atoms with Crippen molar-refractivity contribution in [2.24, 2.45) is 5.92 Å². The summed E-state index contributed by atoms with van der Waals surface area (Å²) in [6.45, 7) is 4.89. The first-order valence-corrected chi connectivity index (χ1v) is 3.47. The normalized spacial score (nSPS) is 13.4. The van der Waals surface area contributed by atoms with Crippen molar-refractivity contribution in [2.45, 2.75) is 33.1 Å². The van der Waals surface area contributed by atoms with Gasteiger partial charge in [-0.1, -0.05) is 19.9 Å². The van der Waals surface area contributed by atoms with Gasteiger partial charge in [-0.25, -0.2) is 8.78 Å². The van der Waals surface area contributed by atoms with Crippen molar-refractivity contribution < 1.29 is 8.78 Å². The van der Waals surface area contributed by atoms with Gasteiger partial charge in [-0.15, -0.1) is 0 Å². The number of halogens is 2. The molecule has 0 saturated heterocycles. The molecule has 0 aliphatic carbocycles. The van der Waals surface area contributed by atoms with Crippen molar-refractivity contribution in [1.82, 2.24) is 0 Å². The van der Waals surface area contributed by atoms with Crippen molar-refractivity contribution in [3.8, 4) is 0 Å². The van der Waals surface area contributed by atoms with E-state index in [1.807, 2.05) is 13.8 Å². The Labute approximate surface area is 60.9 Å². The maximum atomic E-state index is 12.1. The monoisotopic (exact) mass is 148 g/mol. The summed E-state index contributed by atoms with van der Waals surface area (Å²) in [5.41, 5.74) is 0. The molecule has 0 saturated carbocycles. The Bertz CT molecular complexity index is 109. The fraction of sp³-hybridized carbons (Fsp3) is 0.750. The second kappa shape index (κ2) is 3.69. The Morgan fingerprint density at radius 3 is 2.20 bits per heavy atom. The van der Waals surface area contributed by atoms with Crippen LogP contribution in [0.3, 0.4) is 0 Å². The summed E-state index contributed by atoms with van der Waals surface area (Å²) in [4.78, 5) is 0. The highest BCUT2D eigenvalue weighted by Crippen LogP contribution is 2.14. The van der Waals surface area contributed by atoms with Gasteiger partial charge < -0.3 is 0 Å². The first kappa shape index (κ1) is 9.60. The molecule has 0 heterocycles. The van der Waals surface area contributed by atoms with Crippen molar-refractivity contribution >= 4 is 0 Å².